The van der Waals surface area contributed by atoms with E-state index in [1.165, 1.54) is 11.9 Å². The van der Waals surface area contributed by atoms with Gasteiger partial charge in [0.1, 0.15) is 0 Å². The molecule has 1 atom stereocenters. The highest BCUT2D eigenvalue weighted by atomic mass is 16.4. The van der Waals surface area contributed by atoms with E-state index in [0.717, 1.165) is 16.7 Å². The molecule has 0 saturated carbocycles. The van der Waals surface area contributed by atoms with Crippen LogP contribution in [0.4, 0.5) is 0 Å². The maximum atomic E-state index is 11.9. The Morgan fingerprint density at radius 1 is 1.17 bits per heavy atom. The lowest BCUT2D eigenvalue weighted by Gasteiger charge is -2.23. The molecule has 0 aliphatic carbocycles. The smallest absolute Gasteiger partial charge is 0.335 e. The van der Waals surface area contributed by atoms with E-state index in [1.807, 2.05) is 24.3 Å². The molecule has 0 fully saturated rings. The van der Waals surface area contributed by atoms with Crippen LogP contribution in [-0.2, 0) is 17.6 Å². The number of carboxylic acid groups (broad SMARTS) is 1. The number of hydrogen-bond acceptors (Lipinski definition) is 4. The Labute approximate surface area is 171 Å². The van der Waals surface area contributed by atoms with E-state index in [4.69, 9.17) is 11.5 Å². The average molecular weight is 394 g/mol. The van der Waals surface area contributed by atoms with Crippen molar-refractivity contribution in [2.45, 2.75) is 32.3 Å². The standard InChI is InChI=1S/C23H26N2O4/c1-3-18-5-4-6-20(15-18)16-22(27)11-13-24-25(17(2)26)14-12-19-7-9-21(10-8-19)23(28)29/h1,4-10,15,22,24,27H,11-14,16H2,2H3,(H,28,29). The minimum Gasteiger partial charge on any atom is -0.478 e. The number of carboxylic acids is 1. The summed E-state index contributed by atoms with van der Waals surface area (Å²) in [5.74, 6) is 1.49. The van der Waals surface area contributed by atoms with E-state index in [0.29, 0.717) is 32.4 Å². The first kappa shape index (κ1) is 22.2. The predicted octanol–water partition coefficient (Wildman–Crippen LogP) is 2.26. The first-order valence-corrected chi connectivity index (χ1v) is 9.46. The molecule has 6 nitrogen and oxygen atoms in total. The fourth-order valence-corrected chi connectivity index (χ4v) is 2.93. The zero-order valence-electron chi connectivity index (χ0n) is 16.5. The number of amides is 1. The van der Waals surface area contributed by atoms with Gasteiger partial charge in [-0.3, -0.25) is 9.80 Å². The molecule has 0 aliphatic rings. The Morgan fingerprint density at radius 2 is 1.90 bits per heavy atom. The van der Waals surface area contributed by atoms with Gasteiger partial charge in [-0.1, -0.05) is 30.2 Å². The molecule has 2 aromatic rings. The van der Waals surface area contributed by atoms with E-state index < -0.39 is 12.1 Å². The van der Waals surface area contributed by atoms with Crippen LogP contribution in [0.15, 0.2) is 48.5 Å². The number of aliphatic hydroxyl groups is 1. The molecular formula is C23H26N2O4. The third-order valence-electron chi connectivity index (χ3n) is 4.55. The van der Waals surface area contributed by atoms with Crippen molar-refractivity contribution in [3.63, 3.8) is 0 Å². The molecule has 0 heterocycles. The molecule has 0 saturated heterocycles. The van der Waals surface area contributed by atoms with Gasteiger partial charge in [-0.2, -0.15) is 0 Å². The van der Waals surface area contributed by atoms with Gasteiger partial charge in [0.05, 0.1) is 11.7 Å². The van der Waals surface area contributed by atoms with Crippen LogP contribution in [-0.4, -0.2) is 46.3 Å². The van der Waals surface area contributed by atoms with Crippen LogP contribution in [0.5, 0.6) is 0 Å². The zero-order valence-corrected chi connectivity index (χ0v) is 16.5. The van der Waals surface area contributed by atoms with Crippen LogP contribution in [0.2, 0.25) is 0 Å². The van der Waals surface area contributed by atoms with Crippen molar-refractivity contribution in [2.24, 2.45) is 0 Å². The van der Waals surface area contributed by atoms with Gasteiger partial charge in [0.2, 0.25) is 5.91 Å². The fraction of sp³-hybridized carbons (Fsp3) is 0.304. The monoisotopic (exact) mass is 394 g/mol. The summed E-state index contributed by atoms with van der Waals surface area (Å²) in [5.41, 5.74) is 5.99. The molecule has 1 unspecified atom stereocenters. The number of nitrogens with one attached hydrogen (secondary N) is 1. The molecule has 3 N–H and O–H groups in total. The van der Waals surface area contributed by atoms with Crippen LogP contribution in [0, 0.1) is 12.3 Å². The van der Waals surface area contributed by atoms with Gasteiger partial charge in [0, 0.05) is 25.6 Å². The predicted molar refractivity (Wildman–Crippen MR) is 111 cm³/mol. The molecular weight excluding hydrogens is 368 g/mol. The highest BCUT2D eigenvalue weighted by Crippen LogP contribution is 2.09. The number of rotatable bonds is 10. The van der Waals surface area contributed by atoms with Gasteiger partial charge in [0.25, 0.3) is 0 Å². The molecule has 152 valence electrons. The largest absolute Gasteiger partial charge is 0.478 e. The van der Waals surface area contributed by atoms with Crippen molar-refractivity contribution in [3.8, 4) is 12.3 Å². The van der Waals surface area contributed by atoms with E-state index in [-0.39, 0.29) is 11.5 Å². The van der Waals surface area contributed by atoms with Gasteiger partial charge in [-0.05, 0) is 54.7 Å². The van der Waals surface area contributed by atoms with Gasteiger partial charge >= 0.3 is 5.97 Å². The minimum atomic E-state index is -0.965. The number of hydrogen-bond donors (Lipinski definition) is 3. The fourth-order valence-electron chi connectivity index (χ4n) is 2.93. The number of carbonyl (C=O) groups excluding carboxylic acids is 1. The van der Waals surface area contributed by atoms with Crippen molar-refractivity contribution < 1.29 is 19.8 Å². The average Bonchev–Trinajstić information content (AvgIpc) is 2.70. The second-order valence-corrected chi connectivity index (χ2v) is 6.82. The van der Waals surface area contributed by atoms with E-state index >= 15 is 0 Å². The maximum Gasteiger partial charge on any atom is 0.335 e. The second kappa shape index (κ2) is 11.0. The van der Waals surface area contributed by atoms with Gasteiger partial charge < -0.3 is 10.2 Å². The highest BCUT2D eigenvalue weighted by molar-refractivity contribution is 5.87. The molecule has 6 heteroatoms. The van der Waals surface area contributed by atoms with Crippen LogP contribution in [0.25, 0.3) is 0 Å². The van der Waals surface area contributed by atoms with E-state index in [9.17, 15) is 14.7 Å². The maximum absolute atomic E-state index is 11.9. The lowest BCUT2D eigenvalue weighted by atomic mass is 10.0. The number of benzene rings is 2. The Balaban J connectivity index is 1.79. The van der Waals surface area contributed by atoms with Crippen LogP contribution >= 0.6 is 0 Å². The van der Waals surface area contributed by atoms with Crippen molar-refractivity contribution in [1.82, 2.24) is 10.4 Å². The zero-order chi connectivity index (χ0) is 21.2. The number of hydrazine groups is 1. The second-order valence-electron chi connectivity index (χ2n) is 6.82. The molecule has 1 amide bonds. The molecule has 2 rings (SSSR count). The molecule has 0 bridgehead atoms. The van der Waals surface area contributed by atoms with Crippen LogP contribution in [0.1, 0.15) is 40.4 Å². The SMILES string of the molecule is C#Cc1cccc(CC(O)CCNN(CCc2ccc(C(=O)O)cc2)C(C)=O)c1. The van der Waals surface area contributed by atoms with Gasteiger partial charge in [-0.15, -0.1) is 6.42 Å². The minimum absolute atomic E-state index is 0.122. The number of aromatic carboxylic acids is 1. The Morgan fingerprint density at radius 3 is 2.52 bits per heavy atom. The van der Waals surface area contributed by atoms with Crippen molar-refractivity contribution >= 4 is 11.9 Å². The molecule has 0 radical (unpaired) electrons. The molecule has 2 aromatic carbocycles. The van der Waals surface area contributed by atoms with Gasteiger partial charge in [-0.25, -0.2) is 10.2 Å². The normalized spacial score (nSPS) is 11.5. The Bertz CT molecular complexity index is 871. The van der Waals surface area contributed by atoms with E-state index in [2.05, 4.69) is 11.3 Å². The van der Waals surface area contributed by atoms with Gasteiger partial charge in [0.15, 0.2) is 0 Å². The molecule has 0 spiro atoms. The number of carbonyl (C=O) groups is 2. The number of nitrogens with zero attached hydrogens (tertiary/aromatic N) is 1. The summed E-state index contributed by atoms with van der Waals surface area (Å²) in [6.07, 6.45) is 6.42. The lowest BCUT2D eigenvalue weighted by Crippen LogP contribution is -2.44. The molecule has 0 aliphatic heterocycles. The number of terminal acetylenes is 1. The lowest BCUT2D eigenvalue weighted by molar-refractivity contribution is -0.132. The summed E-state index contributed by atoms with van der Waals surface area (Å²) in [6.45, 7) is 2.37. The summed E-state index contributed by atoms with van der Waals surface area (Å²) < 4.78 is 0. The summed E-state index contributed by atoms with van der Waals surface area (Å²) in [4.78, 5) is 22.7. The summed E-state index contributed by atoms with van der Waals surface area (Å²) in [6, 6.07) is 14.1. The van der Waals surface area contributed by atoms with E-state index in [1.54, 1.807) is 24.3 Å². The quantitative estimate of drug-likeness (QED) is 0.425. The first-order valence-electron chi connectivity index (χ1n) is 9.46. The molecule has 29 heavy (non-hydrogen) atoms. The Hall–Kier alpha value is -3.14. The third-order valence-corrected chi connectivity index (χ3v) is 4.55. The van der Waals surface area contributed by atoms with Crippen molar-refractivity contribution in [1.29, 1.82) is 0 Å². The first-order chi connectivity index (χ1) is 13.9. The number of aliphatic hydroxyl groups excluding tert-OH is 1. The topological polar surface area (TPSA) is 89.9 Å². The summed E-state index contributed by atoms with van der Waals surface area (Å²) in [5, 5.41) is 20.7. The highest BCUT2D eigenvalue weighted by Gasteiger charge is 2.11. The third kappa shape index (κ3) is 7.41. The van der Waals surface area contributed by atoms with Crippen molar-refractivity contribution in [3.05, 3.63) is 70.8 Å². The Kier molecular flexibility index (Phi) is 8.41. The van der Waals surface area contributed by atoms with Crippen molar-refractivity contribution in [2.75, 3.05) is 13.1 Å². The summed E-state index contributed by atoms with van der Waals surface area (Å²) >= 11 is 0. The summed E-state index contributed by atoms with van der Waals surface area (Å²) in [7, 11) is 0. The van der Waals surface area contributed by atoms with Crippen LogP contribution < -0.4 is 5.43 Å². The molecule has 0 aromatic heterocycles. The van der Waals surface area contributed by atoms with Crippen LogP contribution in [0.3, 0.4) is 0 Å².